The van der Waals surface area contributed by atoms with E-state index in [1.165, 1.54) is 5.56 Å². The van der Waals surface area contributed by atoms with Gasteiger partial charge >= 0.3 is 0 Å². The number of aromatic nitrogens is 7. The molecule has 20 heavy (non-hydrogen) atoms. The van der Waals surface area contributed by atoms with Gasteiger partial charge in [-0.2, -0.15) is 14.1 Å². The molecule has 0 fully saturated rings. The van der Waals surface area contributed by atoms with Gasteiger partial charge in [-0.1, -0.05) is 29.8 Å². The molecule has 0 N–H and O–H groups in total. The molecule has 98 valence electrons. The molecule has 0 spiro atoms. The summed E-state index contributed by atoms with van der Waals surface area (Å²) in [6, 6.07) is 8.10. The van der Waals surface area contributed by atoms with Gasteiger partial charge in [-0.25, -0.2) is 4.98 Å². The Kier molecular flexibility index (Phi) is 2.11. The smallest absolute Gasteiger partial charge is 0.205 e. The van der Waals surface area contributed by atoms with Gasteiger partial charge in [-0.3, -0.25) is 0 Å². The van der Waals surface area contributed by atoms with Crippen molar-refractivity contribution in [2.45, 2.75) is 13.8 Å². The Hall–Kier alpha value is -2.83. The van der Waals surface area contributed by atoms with Crippen LogP contribution in [0.15, 0.2) is 30.6 Å². The average Bonchev–Trinajstić information content (AvgIpc) is 3.05. The lowest BCUT2D eigenvalue weighted by molar-refractivity contribution is 0.826. The number of hydrogen-bond acceptors (Lipinski definition) is 5. The molecule has 0 saturated heterocycles. The SMILES string of the molecule is Cc1ccc(-c2nc3c(C)nn4cnnc4n3n2)cc1. The van der Waals surface area contributed by atoms with Gasteiger partial charge < -0.3 is 0 Å². The Bertz CT molecular complexity index is 917. The van der Waals surface area contributed by atoms with E-state index >= 15 is 0 Å². The first-order valence-corrected chi connectivity index (χ1v) is 6.23. The van der Waals surface area contributed by atoms with E-state index in [0.717, 1.165) is 11.3 Å². The first-order valence-electron chi connectivity index (χ1n) is 6.23. The number of rotatable bonds is 1. The van der Waals surface area contributed by atoms with E-state index in [1.54, 1.807) is 15.4 Å². The van der Waals surface area contributed by atoms with E-state index in [-0.39, 0.29) is 0 Å². The highest BCUT2D eigenvalue weighted by Gasteiger charge is 2.13. The molecule has 0 atom stereocenters. The van der Waals surface area contributed by atoms with Crippen LogP contribution >= 0.6 is 0 Å². The zero-order valence-corrected chi connectivity index (χ0v) is 11.0. The summed E-state index contributed by atoms with van der Waals surface area (Å²) in [5, 5.41) is 16.7. The monoisotopic (exact) mass is 265 g/mol. The quantitative estimate of drug-likeness (QED) is 0.521. The predicted molar refractivity (Wildman–Crippen MR) is 72.2 cm³/mol. The van der Waals surface area contributed by atoms with Crippen molar-refractivity contribution in [3.63, 3.8) is 0 Å². The van der Waals surface area contributed by atoms with Crippen molar-refractivity contribution >= 4 is 11.4 Å². The molecule has 0 amide bonds. The lowest BCUT2D eigenvalue weighted by Crippen LogP contribution is -2.02. The fraction of sp³-hybridized carbons (Fsp3) is 0.154. The van der Waals surface area contributed by atoms with Gasteiger partial charge in [0, 0.05) is 5.56 Å². The number of benzene rings is 1. The number of aryl methyl sites for hydroxylation is 2. The Morgan fingerprint density at radius 1 is 1.00 bits per heavy atom. The lowest BCUT2D eigenvalue weighted by atomic mass is 10.1. The Morgan fingerprint density at radius 2 is 1.80 bits per heavy atom. The summed E-state index contributed by atoms with van der Waals surface area (Å²) in [6.07, 6.45) is 1.55. The van der Waals surface area contributed by atoms with Crippen molar-refractivity contribution < 1.29 is 0 Å². The summed E-state index contributed by atoms with van der Waals surface area (Å²) in [4.78, 5) is 4.55. The third-order valence-corrected chi connectivity index (χ3v) is 3.20. The topological polar surface area (TPSA) is 73.3 Å². The highest BCUT2D eigenvalue weighted by Crippen LogP contribution is 2.18. The maximum Gasteiger partial charge on any atom is 0.274 e. The van der Waals surface area contributed by atoms with Crippen LogP contribution in [-0.4, -0.2) is 34.4 Å². The predicted octanol–water partition coefficient (Wildman–Crippen LogP) is 1.45. The maximum atomic E-state index is 4.55. The van der Waals surface area contributed by atoms with Crippen molar-refractivity contribution in [3.8, 4) is 11.4 Å². The molecule has 7 heteroatoms. The summed E-state index contributed by atoms with van der Waals surface area (Å²) >= 11 is 0. The first kappa shape index (κ1) is 11.0. The standard InChI is InChI=1S/C13H11N7/c1-8-3-5-10(6-4-8)11-15-12-9(2)17-19-7-14-16-13(19)20(12)18-11/h3-7H,1-2H3. The van der Waals surface area contributed by atoms with Crippen molar-refractivity contribution in [3.05, 3.63) is 41.9 Å². The van der Waals surface area contributed by atoms with Crippen LogP contribution < -0.4 is 0 Å². The summed E-state index contributed by atoms with van der Waals surface area (Å²) < 4.78 is 3.26. The zero-order chi connectivity index (χ0) is 13.7. The minimum absolute atomic E-state index is 0.552. The van der Waals surface area contributed by atoms with Crippen molar-refractivity contribution in [2.24, 2.45) is 0 Å². The number of nitrogens with zero attached hydrogens (tertiary/aromatic N) is 7. The molecule has 4 rings (SSSR count). The third kappa shape index (κ3) is 1.49. The Morgan fingerprint density at radius 3 is 2.60 bits per heavy atom. The van der Waals surface area contributed by atoms with Crippen LogP contribution in [0.1, 0.15) is 11.3 Å². The normalized spacial score (nSPS) is 11.5. The number of hydrogen-bond donors (Lipinski definition) is 0. The minimum atomic E-state index is 0.552. The van der Waals surface area contributed by atoms with Crippen molar-refractivity contribution in [2.75, 3.05) is 0 Å². The van der Waals surface area contributed by atoms with Gasteiger partial charge in [0.25, 0.3) is 5.78 Å². The van der Waals surface area contributed by atoms with Crippen molar-refractivity contribution in [1.29, 1.82) is 0 Å². The van der Waals surface area contributed by atoms with Crippen LogP contribution in [0.5, 0.6) is 0 Å². The minimum Gasteiger partial charge on any atom is -0.205 e. The highest BCUT2D eigenvalue weighted by atomic mass is 15.5. The van der Waals surface area contributed by atoms with E-state index in [4.69, 9.17) is 0 Å². The van der Waals surface area contributed by atoms with Gasteiger partial charge in [-0.15, -0.1) is 15.3 Å². The van der Waals surface area contributed by atoms with E-state index < -0.39 is 0 Å². The fourth-order valence-corrected chi connectivity index (χ4v) is 2.15. The van der Waals surface area contributed by atoms with Crippen LogP contribution in [0.4, 0.5) is 0 Å². The molecule has 4 aromatic rings. The van der Waals surface area contributed by atoms with Crippen LogP contribution in [0, 0.1) is 13.8 Å². The van der Waals surface area contributed by atoms with E-state index in [0.29, 0.717) is 17.2 Å². The summed E-state index contributed by atoms with van der Waals surface area (Å²) in [7, 11) is 0. The zero-order valence-electron chi connectivity index (χ0n) is 11.0. The average molecular weight is 265 g/mol. The largest absolute Gasteiger partial charge is 0.274 e. The van der Waals surface area contributed by atoms with Gasteiger partial charge in [0.15, 0.2) is 11.5 Å². The van der Waals surface area contributed by atoms with Gasteiger partial charge in [0.1, 0.15) is 12.0 Å². The van der Waals surface area contributed by atoms with Gasteiger partial charge in [0.05, 0.1) is 0 Å². The Labute approximate surface area is 113 Å². The van der Waals surface area contributed by atoms with Crippen LogP contribution in [0.3, 0.4) is 0 Å². The second kappa shape index (κ2) is 3.83. The maximum absolute atomic E-state index is 4.55. The molecule has 3 aromatic heterocycles. The molecular formula is C13H11N7. The second-order valence-electron chi connectivity index (χ2n) is 4.70. The summed E-state index contributed by atoms with van der Waals surface area (Å²) in [6.45, 7) is 3.94. The lowest BCUT2D eigenvalue weighted by Gasteiger charge is -1.96. The number of fused-ring (bicyclic) bond motifs is 3. The molecule has 7 nitrogen and oxygen atoms in total. The summed E-state index contributed by atoms with van der Waals surface area (Å²) in [5.41, 5.74) is 3.65. The molecule has 0 aliphatic carbocycles. The molecule has 0 aliphatic heterocycles. The van der Waals surface area contributed by atoms with Crippen LogP contribution in [-0.2, 0) is 0 Å². The van der Waals surface area contributed by atoms with Crippen molar-refractivity contribution in [1.82, 2.24) is 34.4 Å². The second-order valence-corrected chi connectivity index (χ2v) is 4.70. The molecule has 0 unspecified atom stereocenters. The van der Waals surface area contributed by atoms with Crippen LogP contribution in [0.2, 0.25) is 0 Å². The molecule has 1 aromatic carbocycles. The Balaban J connectivity index is 2.02. The summed E-state index contributed by atoms with van der Waals surface area (Å²) in [5.74, 6) is 1.21. The van der Waals surface area contributed by atoms with Gasteiger partial charge in [0.2, 0.25) is 0 Å². The molecule has 0 bridgehead atoms. The molecular weight excluding hydrogens is 254 g/mol. The highest BCUT2D eigenvalue weighted by molar-refractivity contribution is 5.60. The molecule has 3 heterocycles. The van der Waals surface area contributed by atoms with E-state index in [2.05, 4.69) is 32.3 Å². The van der Waals surface area contributed by atoms with Crippen LogP contribution in [0.25, 0.3) is 22.8 Å². The third-order valence-electron chi connectivity index (χ3n) is 3.20. The molecule has 0 aliphatic rings. The van der Waals surface area contributed by atoms with E-state index in [1.807, 2.05) is 31.2 Å². The first-order chi connectivity index (χ1) is 9.72. The molecule has 0 saturated carbocycles. The van der Waals surface area contributed by atoms with Gasteiger partial charge in [-0.05, 0) is 13.8 Å². The van der Waals surface area contributed by atoms with E-state index in [9.17, 15) is 0 Å². The molecule has 0 radical (unpaired) electrons. The fourth-order valence-electron chi connectivity index (χ4n) is 2.15.